The number of aromatic nitrogens is 2. The average molecular weight is 751 g/mol. The third-order valence-corrected chi connectivity index (χ3v) is 13.6. The zero-order valence-electron chi connectivity index (χ0n) is 30.6. The van der Waals surface area contributed by atoms with Gasteiger partial charge >= 0.3 is 0 Å². The highest BCUT2D eigenvalue weighted by molar-refractivity contribution is 7.22. The number of hydrogen-bond acceptors (Lipinski definition) is 4. The normalized spacial score (nSPS) is 14.6. The van der Waals surface area contributed by atoms with Crippen LogP contribution in [-0.2, 0) is 5.41 Å². The van der Waals surface area contributed by atoms with E-state index in [4.69, 9.17) is 9.97 Å². The van der Waals surface area contributed by atoms with Gasteiger partial charge in [-0.1, -0.05) is 140 Å². The van der Waals surface area contributed by atoms with E-state index < -0.39 is 0 Å². The Morgan fingerprint density at radius 3 is 1.38 bits per heavy atom. The van der Waals surface area contributed by atoms with Gasteiger partial charge in [-0.25, -0.2) is 9.97 Å². The van der Waals surface area contributed by atoms with Gasteiger partial charge in [-0.05, 0) is 117 Å². The van der Waals surface area contributed by atoms with Crippen molar-refractivity contribution in [1.82, 2.24) is 9.97 Å². The molecule has 8 aromatic carbocycles. The van der Waals surface area contributed by atoms with Crippen LogP contribution in [0.3, 0.4) is 0 Å². The molecule has 11 rings (SSSR count). The summed E-state index contributed by atoms with van der Waals surface area (Å²) in [5.41, 5.74) is 17.8. The Morgan fingerprint density at radius 1 is 0.357 bits per heavy atom. The van der Waals surface area contributed by atoms with Crippen LogP contribution in [0.15, 0.2) is 188 Å². The summed E-state index contributed by atoms with van der Waals surface area (Å²) in [5, 5.41) is 2.09. The molecule has 1 atom stereocenters. The van der Waals surface area contributed by atoms with Crippen LogP contribution in [0.4, 0.5) is 0 Å². The van der Waals surface area contributed by atoms with Gasteiger partial charge in [0, 0.05) is 16.5 Å². The Morgan fingerprint density at radius 2 is 0.804 bits per heavy atom. The predicted molar refractivity (Wildman–Crippen MR) is 237 cm³/mol. The maximum atomic E-state index is 4.93. The van der Waals surface area contributed by atoms with Crippen LogP contribution in [-0.4, -0.2) is 9.97 Å². The van der Waals surface area contributed by atoms with Gasteiger partial charge in [0.25, 0.3) is 0 Å². The molecule has 1 aliphatic carbocycles. The molecule has 10 aromatic rings. The number of benzene rings is 8. The summed E-state index contributed by atoms with van der Waals surface area (Å²) in [6, 6.07) is 68.5. The summed E-state index contributed by atoms with van der Waals surface area (Å²) >= 11 is 3.48. The van der Waals surface area contributed by atoms with Crippen molar-refractivity contribution in [3.8, 4) is 65.6 Å². The first kappa shape index (κ1) is 32.9. The molecule has 0 saturated heterocycles. The van der Waals surface area contributed by atoms with E-state index in [-0.39, 0.29) is 5.41 Å². The van der Waals surface area contributed by atoms with Crippen molar-refractivity contribution < 1.29 is 0 Å². The summed E-state index contributed by atoms with van der Waals surface area (Å²) in [6.45, 7) is 2.39. The van der Waals surface area contributed by atoms with E-state index in [1.165, 1.54) is 70.6 Å². The molecule has 1 aliphatic rings. The minimum atomic E-state index is -0.267. The second kappa shape index (κ2) is 13.1. The number of para-hydroxylation sites is 2. The lowest BCUT2D eigenvalue weighted by Gasteiger charge is -2.28. The molecule has 0 aliphatic heterocycles. The molecule has 0 radical (unpaired) electrons. The van der Waals surface area contributed by atoms with Crippen molar-refractivity contribution in [3.63, 3.8) is 0 Å². The van der Waals surface area contributed by atoms with E-state index in [1.54, 1.807) is 22.7 Å². The zero-order chi connectivity index (χ0) is 37.2. The SMILES string of the molecule is CC1(c2ccccc2)c2ccccc2-c2ccc(-c3cc(-c4ccc(-c5nc6ccccc6s5)cc4)cc(-c4ccc(-c5nc6ccccc6s5)cc4)c3)cc21. The first-order valence-electron chi connectivity index (χ1n) is 19.0. The van der Waals surface area contributed by atoms with Gasteiger partial charge in [0.1, 0.15) is 10.0 Å². The quantitative estimate of drug-likeness (QED) is 0.169. The summed E-state index contributed by atoms with van der Waals surface area (Å²) in [4.78, 5) is 9.85. The van der Waals surface area contributed by atoms with E-state index >= 15 is 0 Å². The fourth-order valence-electron chi connectivity index (χ4n) is 8.48. The molecule has 2 nitrogen and oxygen atoms in total. The minimum absolute atomic E-state index is 0.267. The van der Waals surface area contributed by atoms with Crippen molar-refractivity contribution in [2.24, 2.45) is 0 Å². The van der Waals surface area contributed by atoms with Crippen LogP contribution in [0, 0.1) is 0 Å². The van der Waals surface area contributed by atoms with Crippen LogP contribution in [0.25, 0.3) is 86.1 Å². The monoisotopic (exact) mass is 750 g/mol. The molecule has 0 amide bonds. The van der Waals surface area contributed by atoms with Crippen molar-refractivity contribution in [3.05, 3.63) is 205 Å². The number of rotatable bonds is 6. The fourth-order valence-corrected chi connectivity index (χ4v) is 10.4. The van der Waals surface area contributed by atoms with Gasteiger partial charge in [0.05, 0.1) is 20.4 Å². The molecule has 0 fully saturated rings. The molecular formula is C52H34N2S2. The number of hydrogen-bond donors (Lipinski definition) is 0. The van der Waals surface area contributed by atoms with Crippen LogP contribution in [0.2, 0.25) is 0 Å². The van der Waals surface area contributed by atoms with E-state index in [1.807, 2.05) is 0 Å². The van der Waals surface area contributed by atoms with Crippen LogP contribution < -0.4 is 0 Å². The molecule has 264 valence electrons. The summed E-state index contributed by atoms with van der Waals surface area (Å²) in [7, 11) is 0. The predicted octanol–water partition coefficient (Wildman–Crippen LogP) is 14.6. The third-order valence-electron chi connectivity index (χ3n) is 11.4. The zero-order valence-corrected chi connectivity index (χ0v) is 32.2. The first-order valence-corrected chi connectivity index (χ1v) is 20.6. The molecular weight excluding hydrogens is 717 g/mol. The molecule has 1 unspecified atom stereocenters. The highest BCUT2D eigenvalue weighted by atomic mass is 32.1. The molecule has 0 spiro atoms. The Kier molecular flexibility index (Phi) is 7.70. The lowest BCUT2D eigenvalue weighted by Crippen LogP contribution is -2.22. The van der Waals surface area contributed by atoms with Gasteiger partial charge in [0.15, 0.2) is 0 Å². The smallest absolute Gasteiger partial charge is 0.124 e. The Bertz CT molecular complexity index is 2880. The van der Waals surface area contributed by atoms with Crippen LogP contribution in [0.1, 0.15) is 23.6 Å². The summed E-state index contributed by atoms with van der Waals surface area (Å²) in [5.74, 6) is 0. The van der Waals surface area contributed by atoms with E-state index in [2.05, 4.69) is 195 Å². The van der Waals surface area contributed by atoms with Gasteiger partial charge in [-0.3, -0.25) is 0 Å². The lowest BCUT2D eigenvalue weighted by molar-refractivity contribution is 0.714. The molecule has 56 heavy (non-hydrogen) atoms. The standard InChI is InChI=1S/C52H34N2S2/c1-52(41-11-3-2-4-12-41)44-14-6-5-13-42(44)43-28-27-37(32-45(43)52)40-30-38(33-19-23-35(24-20-33)50-53-46-15-7-9-17-48(46)55-50)29-39(31-40)34-21-25-36(26-22-34)51-54-47-16-8-10-18-49(47)56-51/h2-32H,1H3. The molecule has 2 heterocycles. The molecule has 0 N–H and O–H groups in total. The van der Waals surface area contributed by atoms with Crippen molar-refractivity contribution in [2.45, 2.75) is 12.3 Å². The van der Waals surface area contributed by atoms with Gasteiger partial charge < -0.3 is 0 Å². The highest BCUT2D eigenvalue weighted by Crippen LogP contribution is 2.53. The maximum Gasteiger partial charge on any atom is 0.124 e. The summed E-state index contributed by atoms with van der Waals surface area (Å²) in [6.07, 6.45) is 0. The van der Waals surface area contributed by atoms with Gasteiger partial charge in [0.2, 0.25) is 0 Å². The lowest BCUT2D eigenvalue weighted by atomic mass is 9.74. The van der Waals surface area contributed by atoms with Crippen LogP contribution >= 0.6 is 22.7 Å². The second-order valence-corrected chi connectivity index (χ2v) is 16.8. The van der Waals surface area contributed by atoms with Gasteiger partial charge in [-0.2, -0.15) is 0 Å². The summed E-state index contributed by atoms with van der Waals surface area (Å²) < 4.78 is 2.41. The second-order valence-electron chi connectivity index (χ2n) is 14.7. The van der Waals surface area contributed by atoms with Gasteiger partial charge in [-0.15, -0.1) is 22.7 Å². The molecule has 0 bridgehead atoms. The first-order chi connectivity index (χ1) is 27.6. The topological polar surface area (TPSA) is 25.8 Å². The average Bonchev–Trinajstić information content (AvgIpc) is 3.98. The van der Waals surface area contributed by atoms with Crippen molar-refractivity contribution in [2.75, 3.05) is 0 Å². The number of thiazole rings is 2. The van der Waals surface area contributed by atoms with E-state index in [0.717, 1.165) is 32.2 Å². The third kappa shape index (κ3) is 5.44. The fraction of sp³-hybridized carbons (Fsp3) is 0.0385. The van der Waals surface area contributed by atoms with Crippen molar-refractivity contribution in [1.29, 1.82) is 0 Å². The van der Waals surface area contributed by atoms with E-state index in [0.29, 0.717) is 0 Å². The molecule has 4 heteroatoms. The van der Waals surface area contributed by atoms with Crippen LogP contribution in [0.5, 0.6) is 0 Å². The molecule has 2 aromatic heterocycles. The Labute approximate surface area is 334 Å². The Hall–Kier alpha value is -6.46. The largest absolute Gasteiger partial charge is 0.236 e. The molecule has 0 saturated carbocycles. The number of nitrogens with zero attached hydrogens (tertiary/aromatic N) is 2. The minimum Gasteiger partial charge on any atom is -0.236 e. The van der Waals surface area contributed by atoms with E-state index in [9.17, 15) is 0 Å². The van der Waals surface area contributed by atoms with Crippen molar-refractivity contribution >= 4 is 43.1 Å². The Balaban J connectivity index is 1.03. The maximum absolute atomic E-state index is 4.93. The number of fused-ring (bicyclic) bond motifs is 5. The highest BCUT2D eigenvalue weighted by Gasteiger charge is 2.40.